The summed E-state index contributed by atoms with van der Waals surface area (Å²) in [5.74, 6) is 1.56. The van der Waals surface area contributed by atoms with Gasteiger partial charge in [0.15, 0.2) is 0 Å². The Morgan fingerprint density at radius 3 is 2.00 bits per heavy atom. The predicted octanol–water partition coefficient (Wildman–Crippen LogP) is 4.82. The van der Waals surface area contributed by atoms with E-state index in [1.807, 2.05) is 0 Å². The molecule has 0 atom stereocenters. The van der Waals surface area contributed by atoms with Crippen LogP contribution in [-0.4, -0.2) is 10.7 Å². The minimum atomic E-state index is -0.704. The summed E-state index contributed by atoms with van der Waals surface area (Å²) >= 11 is 0. The molecule has 0 aliphatic heterocycles. The zero-order valence-corrected chi connectivity index (χ0v) is 13.3. The molecule has 0 spiro atoms. The number of hydrogen-bond donors (Lipinski definition) is 1. The first-order valence-corrected chi connectivity index (χ1v) is 8.73. The summed E-state index contributed by atoms with van der Waals surface area (Å²) in [7, 11) is 0. The zero-order chi connectivity index (χ0) is 14.6. The number of hydrogen-bond acceptors (Lipinski definition) is 2. The quantitative estimate of drug-likeness (QED) is 0.800. The first-order chi connectivity index (χ1) is 9.59. The van der Waals surface area contributed by atoms with Gasteiger partial charge in [-0.3, -0.25) is 0 Å². The van der Waals surface area contributed by atoms with Crippen LogP contribution in [0.2, 0.25) is 0 Å². The topological polar surface area (TPSA) is 44.0 Å². The van der Waals surface area contributed by atoms with E-state index in [1.165, 1.54) is 19.3 Å². The maximum Gasteiger partial charge on any atom is 0.0860 e. The van der Waals surface area contributed by atoms with Crippen LogP contribution in [0.25, 0.3) is 0 Å². The molecule has 0 radical (unpaired) electrons. The molecule has 114 valence electrons. The molecule has 1 N–H and O–H groups in total. The number of aliphatic hydroxyl groups is 1. The van der Waals surface area contributed by atoms with E-state index in [4.69, 9.17) is 0 Å². The Kier molecular flexibility index (Phi) is 5.13. The fraction of sp³-hybridized carbons (Fsp3) is 0.944. The maximum atomic E-state index is 11.2. The molecule has 2 saturated carbocycles. The third kappa shape index (κ3) is 2.89. The minimum absolute atomic E-state index is 0.449. The van der Waals surface area contributed by atoms with Gasteiger partial charge in [0.05, 0.1) is 17.1 Å². The van der Waals surface area contributed by atoms with E-state index in [0.29, 0.717) is 0 Å². The van der Waals surface area contributed by atoms with Crippen molar-refractivity contribution in [3.05, 3.63) is 0 Å². The standard InChI is InChI=1S/C18H31NO/c1-3-5-16-8-12-18(20,13-9-16)17(14-19)10-6-15(4-2)7-11-17/h15-16,20H,3-13H2,1-2H3. The number of rotatable bonds is 4. The van der Waals surface area contributed by atoms with Crippen molar-refractivity contribution in [3.8, 4) is 6.07 Å². The SMILES string of the molecule is CCCC1CCC(O)(C2(C#N)CCC(CC)CC2)CC1. The van der Waals surface area contributed by atoms with Crippen LogP contribution in [0, 0.1) is 28.6 Å². The smallest absolute Gasteiger partial charge is 0.0860 e. The lowest BCUT2D eigenvalue weighted by atomic mass is 9.57. The van der Waals surface area contributed by atoms with Gasteiger partial charge in [0.25, 0.3) is 0 Å². The van der Waals surface area contributed by atoms with Crippen molar-refractivity contribution in [2.45, 2.75) is 90.1 Å². The molecule has 2 heteroatoms. The van der Waals surface area contributed by atoms with E-state index >= 15 is 0 Å². The summed E-state index contributed by atoms with van der Waals surface area (Å²) in [6, 6.07) is 2.57. The van der Waals surface area contributed by atoms with Crippen LogP contribution in [-0.2, 0) is 0 Å². The van der Waals surface area contributed by atoms with Crippen LogP contribution in [0.3, 0.4) is 0 Å². The Bertz CT molecular complexity index is 341. The molecule has 0 unspecified atom stereocenters. The Hall–Kier alpha value is -0.550. The van der Waals surface area contributed by atoms with Crippen molar-refractivity contribution >= 4 is 0 Å². The van der Waals surface area contributed by atoms with Crippen LogP contribution in [0.15, 0.2) is 0 Å². The third-order valence-corrected chi connectivity index (χ3v) is 6.27. The highest BCUT2D eigenvalue weighted by Gasteiger charge is 2.52. The molecule has 0 aromatic carbocycles. The second kappa shape index (κ2) is 6.48. The van der Waals surface area contributed by atoms with Crippen molar-refractivity contribution in [3.63, 3.8) is 0 Å². The molecule has 0 amide bonds. The highest BCUT2D eigenvalue weighted by molar-refractivity contribution is 5.14. The lowest BCUT2D eigenvalue weighted by Crippen LogP contribution is -2.51. The average molecular weight is 277 g/mol. The molecule has 0 aromatic heterocycles. The van der Waals surface area contributed by atoms with Gasteiger partial charge in [0.2, 0.25) is 0 Å². The fourth-order valence-electron chi connectivity index (χ4n) is 4.59. The molecule has 20 heavy (non-hydrogen) atoms. The molecule has 2 aliphatic rings. The van der Waals surface area contributed by atoms with Gasteiger partial charge in [0.1, 0.15) is 0 Å². The van der Waals surface area contributed by atoms with Crippen LogP contribution < -0.4 is 0 Å². The van der Waals surface area contributed by atoms with Crippen molar-refractivity contribution in [2.75, 3.05) is 0 Å². The normalized spacial score (nSPS) is 42.1. The molecule has 0 saturated heterocycles. The van der Waals surface area contributed by atoms with Crippen LogP contribution >= 0.6 is 0 Å². The fourth-order valence-corrected chi connectivity index (χ4v) is 4.59. The van der Waals surface area contributed by atoms with E-state index < -0.39 is 11.0 Å². The molecule has 0 heterocycles. The van der Waals surface area contributed by atoms with Crippen molar-refractivity contribution in [2.24, 2.45) is 17.3 Å². The summed E-state index contributed by atoms with van der Waals surface area (Å²) < 4.78 is 0. The van der Waals surface area contributed by atoms with E-state index in [1.54, 1.807) is 0 Å². The van der Waals surface area contributed by atoms with Crippen LogP contribution in [0.5, 0.6) is 0 Å². The summed E-state index contributed by atoms with van der Waals surface area (Å²) in [5.41, 5.74) is -1.15. The highest BCUT2D eigenvalue weighted by Crippen LogP contribution is 2.53. The van der Waals surface area contributed by atoms with E-state index in [-0.39, 0.29) is 0 Å². The number of nitrogens with zero attached hydrogens (tertiary/aromatic N) is 1. The van der Waals surface area contributed by atoms with Gasteiger partial charge in [-0.25, -0.2) is 0 Å². The van der Waals surface area contributed by atoms with Crippen molar-refractivity contribution < 1.29 is 5.11 Å². The molecular formula is C18H31NO. The van der Waals surface area contributed by atoms with Gasteiger partial charge in [-0.15, -0.1) is 0 Å². The van der Waals surface area contributed by atoms with E-state index in [0.717, 1.165) is 63.2 Å². The van der Waals surface area contributed by atoms with Crippen LogP contribution in [0.1, 0.15) is 84.5 Å². The summed E-state index contributed by atoms with van der Waals surface area (Å²) in [6.45, 7) is 4.48. The van der Waals surface area contributed by atoms with Gasteiger partial charge in [-0.05, 0) is 63.2 Å². The zero-order valence-electron chi connectivity index (χ0n) is 13.3. The van der Waals surface area contributed by atoms with Gasteiger partial charge in [-0.1, -0.05) is 33.1 Å². The van der Waals surface area contributed by atoms with E-state index in [2.05, 4.69) is 19.9 Å². The lowest BCUT2D eigenvalue weighted by molar-refractivity contribution is -0.110. The average Bonchev–Trinajstić information content (AvgIpc) is 2.50. The van der Waals surface area contributed by atoms with E-state index in [9.17, 15) is 10.4 Å². The first-order valence-electron chi connectivity index (χ1n) is 8.73. The Morgan fingerprint density at radius 1 is 1.00 bits per heavy atom. The first kappa shape index (κ1) is 15.8. The molecular weight excluding hydrogens is 246 g/mol. The second-order valence-electron chi connectivity index (χ2n) is 7.31. The largest absolute Gasteiger partial charge is 0.388 e. The van der Waals surface area contributed by atoms with Crippen LogP contribution in [0.4, 0.5) is 0 Å². The van der Waals surface area contributed by atoms with Gasteiger partial charge < -0.3 is 5.11 Å². The van der Waals surface area contributed by atoms with Crippen molar-refractivity contribution in [1.29, 1.82) is 5.26 Å². The number of nitriles is 1. The Labute approximate surface area is 124 Å². The monoisotopic (exact) mass is 277 g/mol. The lowest BCUT2D eigenvalue weighted by Gasteiger charge is -2.49. The second-order valence-corrected chi connectivity index (χ2v) is 7.31. The van der Waals surface area contributed by atoms with Gasteiger partial charge >= 0.3 is 0 Å². The predicted molar refractivity (Wildman–Crippen MR) is 82.1 cm³/mol. The minimum Gasteiger partial charge on any atom is -0.388 e. The Morgan fingerprint density at radius 2 is 1.55 bits per heavy atom. The molecule has 0 bridgehead atoms. The summed E-state index contributed by atoms with van der Waals surface area (Å²) in [5, 5.41) is 20.9. The molecule has 0 aromatic rings. The van der Waals surface area contributed by atoms with Gasteiger partial charge in [-0.2, -0.15) is 5.26 Å². The molecule has 2 rings (SSSR count). The molecule has 2 aliphatic carbocycles. The molecule has 2 fully saturated rings. The van der Waals surface area contributed by atoms with Gasteiger partial charge in [0, 0.05) is 0 Å². The molecule has 2 nitrogen and oxygen atoms in total. The Balaban J connectivity index is 2.03. The maximum absolute atomic E-state index is 11.2. The third-order valence-electron chi connectivity index (χ3n) is 6.27. The van der Waals surface area contributed by atoms with Crippen molar-refractivity contribution in [1.82, 2.24) is 0 Å². The summed E-state index contributed by atoms with van der Waals surface area (Å²) in [6.07, 6.45) is 11.8. The highest BCUT2D eigenvalue weighted by atomic mass is 16.3. The summed E-state index contributed by atoms with van der Waals surface area (Å²) in [4.78, 5) is 0.